The van der Waals surface area contributed by atoms with Gasteiger partial charge in [0, 0.05) is 16.8 Å². The summed E-state index contributed by atoms with van der Waals surface area (Å²) in [5.41, 5.74) is 4.93. The maximum absolute atomic E-state index is 12.9. The van der Waals surface area contributed by atoms with E-state index in [2.05, 4.69) is 46.4 Å². The maximum atomic E-state index is 12.9. The van der Waals surface area contributed by atoms with Crippen LogP contribution in [0.25, 0.3) is 11.4 Å². The number of amides is 1. The summed E-state index contributed by atoms with van der Waals surface area (Å²) < 4.78 is 5.39. The van der Waals surface area contributed by atoms with E-state index in [1.165, 1.54) is 11.9 Å². The molecule has 0 radical (unpaired) electrons. The summed E-state index contributed by atoms with van der Waals surface area (Å²) in [4.78, 5) is 26.1. The Bertz CT molecular complexity index is 1340. The van der Waals surface area contributed by atoms with Gasteiger partial charge in [-0.25, -0.2) is 9.97 Å². The van der Waals surface area contributed by atoms with Crippen LogP contribution in [0.5, 0.6) is 5.75 Å². The number of nitrogens with zero attached hydrogens (tertiary/aromatic N) is 3. The summed E-state index contributed by atoms with van der Waals surface area (Å²) in [6.07, 6.45) is 1.46. The molecular weight excluding hydrogens is 438 g/mol. The van der Waals surface area contributed by atoms with Crippen LogP contribution >= 0.6 is 0 Å². The Morgan fingerprint density at radius 1 is 0.886 bits per heavy atom. The van der Waals surface area contributed by atoms with Crippen LogP contribution in [0.4, 0.5) is 17.3 Å². The van der Waals surface area contributed by atoms with E-state index in [9.17, 15) is 4.79 Å². The van der Waals surface area contributed by atoms with Crippen LogP contribution in [0.3, 0.4) is 0 Å². The highest BCUT2D eigenvalue weighted by molar-refractivity contribution is 6.05. The quantitative estimate of drug-likeness (QED) is 0.354. The van der Waals surface area contributed by atoms with E-state index in [1.807, 2.05) is 73.7 Å². The minimum atomic E-state index is -0.167. The molecular formula is C28H29N5O2. The Balaban J connectivity index is 1.56. The van der Waals surface area contributed by atoms with E-state index in [4.69, 9.17) is 4.74 Å². The van der Waals surface area contributed by atoms with Crippen molar-refractivity contribution in [2.75, 3.05) is 17.7 Å². The number of nitrogens with one attached hydrogen (secondary N) is 2. The second-order valence-electron chi connectivity index (χ2n) is 9.22. The molecule has 0 saturated heterocycles. The van der Waals surface area contributed by atoms with Gasteiger partial charge in [-0.1, -0.05) is 57.2 Å². The number of methoxy groups -OCH3 is 1. The van der Waals surface area contributed by atoms with E-state index in [0.717, 1.165) is 16.8 Å². The van der Waals surface area contributed by atoms with Gasteiger partial charge in [0.2, 0.25) is 5.95 Å². The van der Waals surface area contributed by atoms with E-state index in [-0.39, 0.29) is 11.3 Å². The number of para-hydroxylation sites is 2. The van der Waals surface area contributed by atoms with Crippen LogP contribution < -0.4 is 15.4 Å². The van der Waals surface area contributed by atoms with Crippen LogP contribution in [0.15, 0.2) is 73.1 Å². The van der Waals surface area contributed by atoms with E-state index >= 15 is 0 Å². The highest BCUT2D eigenvalue weighted by Gasteiger charge is 2.16. The molecule has 2 N–H and O–H groups in total. The van der Waals surface area contributed by atoms with Crippen molar-refractivity contribution in [3.05, 3.63) is 89.7 Å². The smallest absolute Gasteiger partial charge is 0.255 e. The van der Waals surface area contributed by atoms with Crippen molar-refractivity contribution in [3.8, 4) is 17.1 Å². The zero-order valence-electron chi connectivity index (χ0n) is 20.6. The number of carbonyl (C=O) groups is 1. The van der Waals surface area contributed by atoms with Gasteiger partial charge in [0.1, 0.15) is 12.1 Å². The van der Waals surface area contributed by atoms with Crippen molar-refractivity contribution in [2.45, 2.75) is 33.1 Å². The molecule has 7 nitrogen and oxygen atoms in total. The fraction of sp³-hybridized carbons (Fsp3) is 0.214. The summed E-state index contributed by atoms with van der Waals surface area (Å²) in [6, 6.07) is 20.9. The summed E-state index contributed by atoms with van der Waals surface area (Å²) in [5.74, 6) is 1.42. The third kappa shape index (κ3) is 5.46. The van der Waals surface area contributed by atoms with Gasteiger partial charge in [-0.3, -0.25) is 4.79 Å². The number of anilines is 3. The molecule has 0 aliphatic rings. The van der Waals surface area contributed by atoms with Gasteiger partial charge in [-0.05, 0) is 53.8 Å². The van der Waals surface area contributed by atoms with Gasteiger partial charge >= 0.3 is 0 Å². The molecule has 0 unspecified atom stereocenters. The summed E-state index contributed by atoms with van der Waals surface area (Å²) >= 11 is 0. The third-order valence-electron chi connectivity index (χ3n) is 5.76. The van der Waals surface area contributed by atoms with Crippen LogP contribution in [-0.2, 0) is 5.41 Å². The van der Waals surface area contributed by atoms with Gasteiger partial charge in [-0.15, -0.1) is 0 Å². The minimum absolute atomic E-state index is 0.0316. The normalized spacial score (nSPS) is 11.1. The maximum Gasteiger partial charge on any atom is 0.255 e. The zero-order valence-corrected chi connectivity index (χ0v) is 20.6. The fourth-order valence-electron chi connectivity index (χ4n) is 3.68. The third-order valence-corrected chi connectivity index (χ3v) is 5.76. The Morgan fingerprint density at radius 2 is 1.60 bits per heavy atom. The molecule has 4 aromatic rings. The van der Waals surface area contributed by atoms with Crippen molar-refractivity contribution < 1.29 is 9.53 Å². The number of rotatable bonds is 6. The Labute approximate surface area is 205 Å². The van der Waals surface area contributed by atoms with Crippen molar-refractivity contribution in [3.63, 3.8) is 0 Å². The largest absolute Gasteiger partial charge is 0.495 e. The number of ether oxygens (including phenoxy) is 1. The lowest BCUT2D eigenvalue weighted by Gasteiger charge is -2.19. The molecule has 178 valence electrons. The molecule has 7 heteroatoms. The Morgan fingerprint density at radius 3 is 2.31 bits per heavy atom. The topological polar surface area (TPSA) is 89.0 Å². The highest BCUT2D eigenvalue weighted by Crippen LogP contribution is 2.29. The molecule has 0 fully saturated rings. The Kier molecular flexibility index (Phi) is 6.78. The fourth-order valence-corrected chi connectivity index (χ4v) is 3.68. The zero-order chi connectivity index (χ0) is 25.0. The molecule has 0 aliphatic heterocycles. The predicted octanol–water partition coefficient (Wildman–Crippen LogP) is 6.15. The molecule has 0 atom stereocenters. The number of carbonyl (C=O) groups excluding carboxylic acids is 1. The number of aromatic nitrogens is 3. The lowest BCUT2D eigenvalue weighted by Crippen LogP contribution is -2.15. The first-order valence-electron chi connectivity index (χ1n) is 11.4. The van der Waals surface area contributed by atoms with E-state index < -0.39 is 0 Å². The number of benzene rings is 3. The highest BCUT2D eigenvalue weighted by atomic mass is 16.5. The van der Waals surface area contributed by atoms with Crippen LogP contribution in [-0.4, -0.2) is 28.0 Å². The van der Waals surface area contributed by atoms with Crippen LogP contribution in [0, 0.1) is 6.92 Å². The monoisotopic (exact) mass is 467 g/mol. The first-order valence-corrected chi connectivity index (χ1v) is 11.4. The first kappa shape index (κ1) is 23.9. The average molecular weight is 468 g/mol. The van der Waals surface area contributed by atoms with Crippen molar-refractivity contribution in [1.29, 1.82) is 0 Å². The SMILES string of the molecule is COc1ccccc1Nc1ncnc(-c2cccc(NC(=O)c3ccc(C(C)(C)C)cc3)c2C)n1. The molecule has 1 amide bonds. The second kappa shape index (κ2) is 9.93. The van der Waals surface area contributed by atoms with Gasteiger partial charge in [0.15, 0.2) is 5.82 Å². The molecule has 0 spiro atoms. The Hall–Kier alpha value is -4.26. The second-order valence-corrected chi connectivity index (χ2v) is 9.22. The van der Waals surface area contributed by atoms with Crippen LogP contribution in [0.1, 0.15) is 42.3 Å². The lowest BCUT2D eigenvalue weighted by molar-refractivity contribution is 0.102. The van der Waals surface area contributed by atoms with Crippen molar-refractivity contribution in [1.82, 2.24) is 15.0 Å². The molecule has 0 aliphatic carbocycles. The minimum Gasteiger partial charge on any atom is -0.495 e. The summed E-state index contributed by atoms with van der Waals surface area (Å²) in [5, 5.41) is 6.20. The molecule has 0 bridgehead atoms. The number of hydrogen-bond acceptors (Lipinski definition) is 6. The summed E-state index contributed by atoms with van der Waals surface area (Å²) in [7, 11) is 1.61. The number of hydrogen-bond donors (Lipinski definition) is 2. The van der Waals surface area contributed by atoms with E-state index in [1.54, 1.807) is 7.11 Å². The first-order chi connectivity index (χ1) is 16.8. The average Bonchev–Trinajstić information content (AvgIpc) is 2.85. The predicted molar refractivity (Wildman–Crippen MR) is 139 cm³/mol. The molecule has 35 heavy (non-hydrogen) atoms. The van der Waals surface area contributed by atoms with Gasteiger partial charge < -0.3 is 15.4 Å². The molecule has 1 heterocycles. The van der Waals surface area contributed by atoms with Crippen molar-refractivity contribution >= 4 is 23.2 Å². The molecule has 0 saturated carbocycles. The van der Waals surface area contributed by atoms with Gasteiger partial charge in [0.05, 0.1) is 12.8 Å². The molecule has 1 aromatic heterocycles. The van der Waals surface area contributed by atoms with E-state index in [0.29, 0.717) is 28.8 Å². The molecule has 3 aromatic carbocycles. The van der Waals surface area contributed by atoms with Gasteiger partial charge in [0.25, 0.3) is 5.91 Å². The van der Waals surface area contributed by atoms with Crippen molar-refractivity contribution in [2.24, 2.45) is 0 Å². The standard InChI is InChI=1S/C28H29N5O2/c1-18-21(25-29-17-30-27(33-25)32-23-10-6-7-12-24(23)35-5)9-8-11-22(18)31-26(34)19-13-15-20(16-14-19)28(2,3)4/h6-17H,1-5H3,(H,31,34)(H,29,30,32,33). The lowest BCUT2D eigenvalue weighted by atomic mass is 9.86. The van der Waals surface area contributed by atoms with Crippen LogP contribution in [0.2, 0.25) is 0 Å². The summed E-state index contributed by atoms with van der Waals surface area (Å²) in [6.45, 7) is 8.38. The van der Waals surface area contributed by atoms with Gasteiger partial charge in [-0.2, -0.15) is 4.98 Å². The molecule has 4 rings (SSSR count).